The Hall–Kier alpha value is -2.40. The first kappa shape index (κ1) is 14.0. The maximum absolute atomic E-state index is 11.5. The highest BCUT2D eigenvalue weighted by molar-refractivity contribution is 5.87. The Kier molecular flexibility index (Phi) is 4.00. The highest BCUT2D eigenvalue weighted by Crippen LogP contribution is 2.08. The van der Waals surface area contributed by atoms with Gasteiger partial charge in [0, 0.05) is 24.5 Å². The van der Waals surface area contributed by atoms with Crippen LogP contribution in [0.1, 0.15) is 27.2 Å². The van der Waals surface area contributed by atoms with E-state index in [0.29, 0.717) is 12.2 Å². The van der Waals surface area contributed by atoms with Crippen molar-refractivity contribution in [3.8, 4) is 0 Å². The van der Waals surface area contributed by atoms with Gasteiger partial charge in [-0.3, -0.25) is 4.79 Å². The lowest BCUT2D eigenvalue weighted by atomic mass is 10.1. The molecule has 0 radical (unpaired) electrons. The van der Waals surface area contributed by atoms with Crippen molar-refractivity contribution in [1.29, 1.82) is 0 Å². The topological polar surface area (TPSA) is 79.5 Å². The van der Waals surface area contributed by atoms with Crippen LogP contribution in [0.2, 0.25) is 0 Å². The van der Waals surface area contributed by atoms with Crippen LogP contribution in [0.3, 0.4) is 0 Å². The third kappa shape index (κ3) is 2.95. The summed E-state index contributed by atoms with van der Waals surface area (Å²) in [6.45, 7) is 2.22. The Labute approximate surface area is 115 Å². The first-order valence-electron chi connectivity index (χ1n) is 6.14. The van der Waals surface area contributed by atoms with Gasteiger partial charge in [0.25, 0.3) is 0 Å². The number of aryl methyl sites for hydroxylation is 1. The van der Waals surface area contributed by atoms with Gasteiger partial charge in [0.1, 0.15) is 5.56 Å². The Morgan fingerprint density at radius 1 is 1.20 bits per heavy atom. The van der Waals surface area contributed by atoms with E-state index in [0.717, 1.165) is 11.1 Å². The number of hydrogen-bond donors (Lipinski definition) is 2. The molecule has 0 saturated heterocycles. The van der Waals surface area contributed by atoms with Gasteiger partial charge in [0.15, 0.2) is 5.43 Å². The fourth-order valence-electron chi connectivity index (χ4n) is 1.95. The van der Waals surface area contributed by atoms with Crippen LogP contribution in [-0.4, -0.2) is 20.7 Å². The second kappa shape index (κ2) is 5.71. The number of aliphatic hydroxyl groups excluding tert-OH is 1. The first-order valence-corrected chi connectivity index (χ1v) is 6.14. The summed E-state index contributed by atoms with van der Waals surface area (Å²) in [5.74, 6) is -1.22. The summed E-state index contributed by atoms with van der Waals surface area (Å²) in [5.41, 5.74) is 1.76. The van der Waals surface area contributed by atoms with Gasteiger partial charge in [0.05, 0.1) is 6.61 Å². The SMILES string of the molecule is Cc1cc(=O)c(C(=O)O)cn1Cc1ccc(CO)cc1. The molecule has 0 spiro atoms. The minimum Gasteiger partial charge on any atom is -0.477 e. The first-order chi connectivity index (χ1) is 9.51. The molecule has 1 aromatic carbocycles. The summed E-state index contributed by atoms with van der Waals surface area (Å²) in [4.78, 5) is 22.5. The van der Waals surface area contributed by atoms with E-state index in [9.17, 15) is 9.59 Å². The highest BCUT2D eigenvalue weighted by Gasteiger charge is 2.10. The van der Waals surface area contributed by atoms with Crippen molar-refractivity contribution >= 4 is 5.97 Å². The fraction of sp³-hybridized carbons (Fsp3) is 0.200. The predicted octanol–water partition coefficient (Wildman–Crippen LogP) is 1.40. The lowest BCUT2D eigenvalue weighted by molar-refractivity contribution is 0.0694. The zero-order valence-corrected chi connectivity index (χ0v) is 11.0. The largest absolute Gasteiger partial charge is 0.477 e. The van der Waals surface area contributed by atoms with Crippen molar-refractivity contribution in [2.75, 3.05) is 0 Å². The molecule has 1 aromatic heterocycles. The molecule has 2 aromatic rings. The van der Waals surface area contributed by atoms with Crippen molar-refractivity contribution in [1.82, 2.24) is 4.57 Å². The minimum atomic E-state index is -1.22. The molecule has 0 fully saturated rings. The molecule has 0 atom stereocenters. The molecule has 1 heterocycles. The molecular weight excluding hydrogens is 258 g/mol. The number of rotatable bonds is 4. The van der Waals surface area contributed by atoms with Crippen molar-refractivity contribution < 1.29 is 15.0 Å². The monoisotopic (exact) mass is 273 g/mol. The van der Waals surface area contributed by atoms with Crippen LogP contribution >= 0.6 is 0 Å². The van der Waals surface area contributed by atoms with Crippen LogP contribution in [0.4, 0.5) is 0 Å². The summed E-state index contributed by atoms with van der Waals surface area (Å²) in [6.07, 6.45) is 1.36. The van der Waals surface area contributed by atoms with Gasteiger partial charge < -0.3 is 14.8 Å². The molecule has 20 heavy (non-hydrogen) atoms. The van der Waals surface area contributed by atoms with Crippen LogP contribution in [0, 0.1) is 6.92 Å². The molecular formula is C15H15NO4. The second-order valence-corrected chi connectivity index (χ2v) is 4.60. The number of aromatic carboxylic acids is 1. The number of carboxylic acids is 1. The normalized spacial score (nSPS) is 10.5. The average Bonchev–Trinajstić information content (AvgIpc) is 2.42. The van der Waals surface area contributed by atoms with Gasteiger partial charge in [-0.1, -0.05) is 24.3 Å². The Bertz CT molecular complexity index is 686. The third-order valence-electron chi connectivity index (χ3n) is 3.13. The average molecular weight is 273 g/mol. The van der Waals surface area contributed by atoms with Crippen LogP contribution in [-0.2, 0) is 13.2 Å². The van der Waals surface area contributed by atoms with E-state index in [-0.39, 0.29) is 12.2 Å². The number of carbonyl (C=O) groups is 1. The van der Waals surface area contributed by atoms with E-state index < -0.39 is 11.4 Å². The van der Waals surface area contributed by atoms with E-state index in [2.05, 4.69) is 0 Å². The number of aliphatic hydroxyl groups is 1. The molecule has 5 nitrogen and oxygen atoms in total. The van der Waals surface area contributed by atoms with Crippen molar-refractivity contribution in [2.24, 2.45) is 0 Å². The van der Waals surface area contributed by atoms with E-state index >= 15 is 0 Å². The molecule has 0 unspecified atom stereocenters. The van der Waals surface area contributed by atoms with Crippen molar-refractivity contribution in [3.63, 3.8) is 0 Å². The zero-order valence-electron chi connectivity index (χ0n) is 11.0. The lowest BCUT2D eigenvalue weighted by Crippen LogP contribution is -2.19. The molecule has 2 rings (SSSR count). The number of hydrogen-bond acceptors (Lipinski definition) is 3. The maximum atomic E-state index is 11.5. The van der Waals surface area contributed by atoms with Gasteiger partial charge in [-0.25, -0.2) is 4.79 Å². The summed E-state index contributed by atoms with van der Waals surface area (Å²) >= 11 is 0. The fourth-order valence-corrected chi connectivity index (χ4v) is 1.95. The predicted molar refractivity (Wildman–Crippen MR) is 73.9 cm³/mol. The number of aromatic nitrogens is 1. The van der Waals surface area contributed by atoms with Gasteiger partial charge in [-0.05, 0) is 18.1 Å². The molecule has 2 N–H and O–H groups in total. The molecule has 0 bridgehead atoms. The lowest BCUT2D eigenvalue weighted by Gasteiger charge is -2.12. The number of nitrogens with zero attached hydrogens (tertiary/aromatic N) is 1. The molecule has 104 valence electrons. The molecule has 0 amide bonds. The summed E-state index contributed by atoms with van der Waals surface area (Å²) in [5, 5.41) is 18.0. The molecule has 5 heteroatoms. The van der Waals surface area contributed by atoms with E-state index in [1.807, 2.05) is 24.3 Å². The molecule has 0 aliphatic carbocycles. The van der Waals surface area contributed by atoms with Crippen LogP contribution in [0.15, 0.2) is 41.3 Å². The highest BCUT2D eigenvalue weighted by atomic mass is 16.4. The Morgan fingerprint density at radius 2 is 1.80 bits per heavy atom. The number of pyridine rings is 1. The van der Waals surface area contributed by atoms with Crippen molar-refractivity contribution in [3.05, 3.63) is 69.1 Å². The van der Waals surface area contributed by atoms with Gasteiger partial charge in [-0.15, -0.1) is 0 Å². The summed E-state index contributed by atoms with van der Waals surface area (Å²) in [6, 6.07) is 8.68. The van der Waals surface area contributed by atoms with Crippen molar-refractivity contribution in [2.45, 2.75) is 20.1 Å². The van der Waals surface area contributed by atoms with E-state index in [4.69, 9.17) is 10.2 Å². The molecule has 0 saturated carbocycles. The summed E-state index contributed by atoms with van der Waals surface area (Å²) in [7, 11) is 0. The number of benzene rings is 1. The van der Waals surface area contributed by atoms with E-state index in [1.165, 1.54) is 12.3 Å². The standard InChI is InChI=1S/C15H15NO4/c1-10-6-14(18)13(15(19)20)8-16(10)7-11-2-4-12(9-17)5-3-11/h2-6,8,17H,7,9H2,1H3,(H,19,20). The minimum absolute atomic E-state index is 0.0134. The Morgan fingerprint density at radius 3 is 2.35 bits per heavy atom. The van der Waals surface area contributed by atoms with Crippen LogP contribution < -0.4 is 5.43 Å². The van der Waals surface area contributed by atoms with Gasteiger partial charge in [0.2, 0.25) is 0 Å². The zero-order chi connectivity index (χ0) is 14.7. The smallest absolute Gasteiger partial charge is 0.341 e. The quantitative estimate of drug-likeness (QED) is 0.882. The second-order valence-electron chi connectivity index (χ2n) is 4.60. The van der Waals surface area contributed by atoms with Crippen LogP contribution in [0.5, 0.6) is 0 Å². The Balaban J connectivity index is 2.34. The van der Waals surface area contributed by atoms with E-state index in [1.54, 1.807) is 11.5 Å². The summed E-state index contributed by atoms with van der Waals surface area (Å²) < 4.78 is 1.72. The molecule has 0 aliphatic heterocycles. The third-order valence-corrected chi connectivity index (χ3v) is 3.13. The number of carboxylic acid groups (broad SMARTS) is 1. The molecule has 0 aliphatic rings. The van der Waals surface area contributed by atoms with Gasteiger partial charge >= 0.3 is 5.97 Å². The maximum Gasteiger partial charge on any atom is 0.341 e. The van der Waals surface area contributed by atoms with Crippen LogP contribution in [0.25, 0.3) is 0 Å². The van der Waals surface area contributed by atoms with Gasteiger partial charge in [-0.2, -0.15) is 0 Å².